The first kappa shape index (κ1) is 13.5. The molecular weight excluding hydrogens is 252 g/mol. The van der Waals surface area contributed by atoms with Crippen LogP contribution in [0.4, 0.5) is 0 Å². The number of rotatable bonds is 2. The zero-order valence-corrected chi connectivity index (χ0v) is 12.2. The van der Waals surface area contributed by atoms with E-state index in [4.69, 9.17) is 0 Å². The molecule has 108 valence electrons. The SMILES string of the molecule is CCc1nnc(C)cc1C(=O)N1CC2CCCNC2C1. The van der Waals surface area contributed by atoms with E-state index in [1.54, 1.807) is 0 Å². The van der Waals surface area contributed by atoms with Crippen molar-refractivity contribution in [2.24, 2.45) is 5.92 Å². The number of nitrogens with one attached hydrogen (secondary N) is 1. The number of carbonyl (C=O) groups is 1. The van der Waals surface area contributed by atoms with Crippen LogP contribution in [-0.4, -0.2) is 46.7 Å². The van der Waals surface area contributed by atoms with E-state index in [1.807, 2.05) is 24.8 Å². The molecule has 2 unspecified atom stereocenters. The molecule has 2 saturated heterocycles. The molecule has 1 aromatic heterocycles. The van der Waals surface area contributed by atoms with Crippen LogP contribution in [0.5, 0.6) is 0 Å². The van der Waals surface area contributed by atoms with Crippen LogP contribution < -0.4 is 5.32 Å². The summed E-state index contributed by atoms with van der Waals surface area (Å²) >= 11 is 0. The maximum Gasteiger partial charge on any atom is 0.255 e. The minimum Gasteiger partial charge on any atom is -0.337 e. The Balaban J connectivity index is 1.81. The lowest BCUT2D eigenvalue weighted by Crippen LogP contribution is -2.41. The van der Waals surface area contributed by atoms with Gasteiger partial charge < -0.3 is 10.2 Å². The minimum atomic E-state index is 0.121. The van der Waals surface area contributed by atoms with Gasteiger partial charge >= 0.3 is 0 Å². The van der Waals surface area contributed by atoms with Crippen molar-refractivity contribution in [3.63, 3.8) is 0 Å². The number of piperidine rings is 1. The summed E-state index contributed by atoms with van der Waals surface area (Å²) < 4.78 is 0. The molecule has 1 amide bonds. The summed E-state index contributed by atoms with van der Waals surface area (Å²) in [6, 6.07) is 2.36. The Bertz CT molecular complexity index is 503. The van der Waals surface area contributed by atoms with Gasteiger partial charge in [-0.15, -0.1) is 0 Å². The second-order valence-electron chi connectivity index (χ2n) is 5.87. The molecule has 0 bridgehead atoms. The second-order valence-corrected chi connectivity index (χ2v) is 5.87. The second kappa shape index (κ2) is 5.48. The molecular formula is C15H22N4O. The molecule has 1 N–H and O–H groups in total. The number of nitrogens with zero attached hydrogens (tertiary/aromatic N) is 3. The fourth-order valence-corrected chi connectivity index (χ4v) is 3.34. The lowest BCUT2D eigenvalue weighted by atomic mass is 9.94. The molecule has 1 aromatic rings. The van der Waals surface area contributed by atoms with Gasteiger partial charge in [-0.3, -0.25) is 4.79 Å². The standard InChI is InChI=1S/C15H22N4O/c1-3-13-12(7-10(2)17-18-13)15(20)19-8-11-5-4-6-16-14(11)9-19/h7,11,14,16H,3-6,8-9H2,1-2H3. The van der Waals surface area contributed by atoms with E-state index in [0.717, 1.165) is 43.0 Å². The summed E-state index contributed by atoms with van der Waals surface area (Å²) in [5.74, 6) is 0.740. The number of aryl methyl sites for hydroxylation is 2. The van der Waals surface area contributed by atoms with Gasteiger partial charge in [0, 0.05) is 19.1 Å². The van der Waals surface area contributed by atoms with E-state index < -0.39 is 0 Å². The van der Waals surface area contributed by atoms with Crippen LogP contribution in [0.2, 0.25) is 0 Å². The van der Waals surface area contributed by atoms with Crippen LogP contribution in [0.1, 0.15) is 41.5 Å². The van der Waals surface area contributed by atoms with Crippen molar-refractivity contribution < 1.29 is 4.79 Å². The van der Waals surface area contributed by atoms with E-state index in [9.17, 15) is 4.79 Å². The van der Waals surface area contributed by atoms with Crippen LogP contribution >= 0.6 is 0 Å². The van der Waals surface area contributed by atoms with Crippen molar-refractivity contribution in [2.75, 3.05) is 19.6 Å². The molecule has 5 nitrogen and oxygen atoms in total. The van der Waals surface area contributed by atoms with Crippen LogP contribution in [0.15, 0.2) is 6.07 Å². The minimum absolute atomic E-state index is 0.121. The Morgan fingerprint density at radius 3 is 3.05 bits per heavy atom. The van der Waals surface area contributed by atoms with Crippen LogP contribution in [0.3, 0.4) is 0 Å². The molecule has 5 heteroatoms. The highest BCUT2D eigenvalue weighted by atomic mass is 16.2. The molecule has 0 radical (unpaired) electrons. The first-order chi connectivity index (χ1) is 9.69. The average Bonchev–Trinajstić information content (AvgIpc) is 2.90. The smallest absolute Gasteiger partial charge is 0.255 e. The predicted octanol–water partition coefficient (Wildman–Crippen LogP) is 1.17. The number of hydrogen-bond donors (Lipinski definition) is 1. The van der Waals surface area contributed by atoms with Crippen LogP contribution in [-0.2, 0) is 6.42 Å². The Morgan fingerprint density at radius 1 is 1.45 bits per heavy atom. The summed E-state index contributed by atoms with van der Waals surface area (Å²) in [7, 11) is 0. The Labute approximate surface area is 119 Å². The number of hydrogen-bond acceptors (Lipinski definition) is 4. The molecule has 3 rings (SSSR count). The first-order valence-corrected chi connectivity index (χ1v) is 7.55. The molecule has 0 spiro atoms. The fraction of sp³-hybridized carbons (Fsp3) is 0.667. The van der Waals surface area contributed by atoms with Gasteiger partial charge in [-0.2, -0.15) is 10.2 Å². The van der Waals surface area contributed by atoms with Crippen molar-refractivity contribution >= 4 is 5.91 Å². The Morgan fingerprint density at radius 2 is 2.30 bits per heavy atom. The Hall–Kier alpha value is -1.49. The lowest BCUT2D eigenvalue weighted by Gasteiger charge is -2.24. The van der Waals surface area contributed by atoms with Gasteiger partial charge in [0.15, 0.2) is 0 Å². The Kier molecular flexibility index (Phi) is 3.70. The van der Waals surface area contributed by atoms with Gasteiger partial charge in [-0.05, 0) is 44.7 Å². The number of fused-ring (bicyclic) bond motifs is 1. The number of amides is 1. The highest BCUT2D eigenvalue weighted by Crippen LogP contribution is 2.26. The van der Waals surface area contributed by atoms with Gasteiger partial charge in [0.25, 0.3) is 5.91 Å². The fourth-order valence-electron chi connectivity index (χ4n) is 3.34. The van der Waals surface area contributed by atoms with Crippen LogP contribution in [0.25, 0.3) is 0 Å². The third-order valence-electron chi connectivity index (χ3n) is 4.44. The lowest BCUT2D eigenvalue weighted by molar-refractivity contribution is 0.0783. The van der Waals surface area contributed by atoms with Crippen molar-refractivity contribution in [2.45, 2.75) is 39.2 Å². The maximum absolute atomic E-state index is 12.8. The average molecular weight is 274 g/mol. The summed E-state index contributed by atoms with van der Waals surface area (Å²) in [6.45, 7) is 6.68. The highest BCUT2D eigenvalue weighted by Gasteiger charge is 2.37. The van der Waals surface area contributed by atoms with E-state index in [0.29, 0.717) is 12.0 Å². The number of carbonyl (C=O) groups excluding carboxylic acids is 1. The summed E-state index contributed by atoms with van der Waals surface area (Å²) in [4.78, 5) is 14.7. The number of likely N-dealkylation sites (tertiary alicyclic amines) is 1. The zero-order valence-electron chi connectivity index (χ0n) is 12.2. The van der Waals surface area contributed by atoms with E-state index >= 15 is 0 Å². The normalized spacial score (nSPS) is 25.6. The highest BCUT2D eigenvalue weighted by molar-refractivity contribution is 5.95. The zero-order chi connectivity index (χ0) is 14.1. The monoisotopic (exact) mass is 274 g/mol. The first-order valence-electron chi connectivity index (χ1n) is 7.55. The van der Waals surface area contributed by atoms with E-state index in [1.165, 1.54) is 12.8 Å². The third-order valence-corrected chi connectivity index (χ3v) is 4.44. The van der Waals surface area contributed by atoms with Crippen molar-refractivity contribution in [3.05, 3.63) is 23.0 Å². The van der Waals surface area contributed by atoms with Gasteiger partial charge in [-0.1, -0.05) is 6.92 Å². The van der Waals surface area contributed by atoms with E-state index in [-0.39, 0.29) is 5.91 Å². The molecule has 3 heterocycles. The van der Waals surface area contributed by atoms with Gasteiger partial charge in [0.05, 0.1) is 17.0 Å². The maximum atomic E-state index is 12.8. The molecule has 0 aromatic carbocycles. The van der Waals surface area contributed by atoms with Crippen molar-refractivity contribution in [3.8, 4) is 0 Å². The van der Waals surface area contributed by atoms with Gasteiger partial charge in [-0.25, -0.2) is 0 Å². The quantitative estimate of drug-likeness (QED) is 0.879. The summed E-state index contributed by atoms with van der Waals surface area (Å²) in [5, 5.41) is 11.8. The van der Waals surface area contributed by atoms with Crippen molar-refractivity contribution in [1.82, 2.24) is 20.4 Å². The molecule has 0 saturated carbocycles. The number of aromatic nitrogens is 2. The van der Waals surface area contributed by atoms with Crippen LogP contribution in [0, 0.1) is 12.8 Å². The van der Waals surface area contributed by atoms with Gasteiger partial charge in [0.1, 0.15) is 0 Å². The third kappa shape index (κ3) is 2.42. The van der Waals surface area contributed by atoms with Crippen molar-refractivity contribution in [1.29, 1.82) is 0 Å². The van der Waals surface area contributed by atoms with E-state index in [2.05, 4.69) is 15.5 Å². The molecule has 2 aliphatic heterocycles. The largest absolute Gasteiger partial charge is 0.337 e. The molecule has 0 aliphatic carbocycles. The summed E-state index contributed by atoms with van der Waals surface area (Å²) in [5.41, 5.74) is 2.35. The topological polar surface area (TPSA) is 58.1 Å². The molecule has 20 heavy (non-hydrogen) atoms. The molecule has 2 aliphatic rings. The van der Waals surface area contributed by atoms with Gasteiger partial charge in [0.2, 0.25) is 0 Å². The molecule has 2 fully saturated rings. The predicted molar refractivity (Wildman–Crippen MR) is 76.6 cm³/mol. The summed E-state index contributed by atoms with van der Waals surface area (Å²) in [6.07, 6.45) is 3.20. The molecule has 2 atom stereocenters.